The molecule has 0 radical (unpaired) electrons. The summed E-state index contributed by atoms with van der Waals surface area (Å²) >= 11 is 3.42. The lowest BCUT2D eigenvalue weighted by molar-refractivity contribution is -0.684. The lowest BCUT2D eigenvalue weighted by atomic mass is 10.2. The minimum atomic E-state index is -0.137. The highest BCUT2D eigenvalue weighted by Gasteiger charge is 2.12. The van der Waals surface area contributed by atoms with E-state index in [1.165, 1.54) is 6.92 Å². The van der Waals surface area contributed by atoms with Crippen LogP contribution in [0.1, 0.15) is 22.8 Å². The topological polar surface area (TPSA) is 50.0 Å². The monoisotopic (exact) mass is 347 g/mol. The molecule has 1 N–H and O–H groups in total. The van der Waals surface area contributed by atoms with Crippen molar-refractivity contribution in [2.75, 3.05) is 5.32 Å². The number of amides is 1. The van der Waals surface area contributed by atoms with Gasteiger partial charge in [0.15, 0.2) is 18.2 Å². The van der Waals surface area contributed by atoms with E-state index in [0.29, 0.717) is 5.56 Å². The molecule has 2 rings (SSSR count). The number of carbonyl (C=O) groups is 2. The number of carbonyl (C=O) groups excluding carboxylic acids is 2. The number of pyridine rings is 1. The van der Waals surface area contributed by atoms with Crippen molar-refractivity contribution in [2.24, 2.45) is 0 Å². The number of nitrogens with one attached hydrogen (secondary N) is 1. The van der Waals surface area contributed by atoms with Crippen LogP contribution >= 0.6 is 15.9 Å². The van der Waals surface area contributed by atoms with Crippen molar-refractivity contribution in [3.63, 3.8) is 0 Å². The minimum Gasteiger partial charge on any atom is -0.321 e. The second-order valence-corrected chi connectivity index (χ2v) is 5.69. The third-order valence-corrected chi connectivity index (χ3v) is 3.92. The number of benzene rings is 1. The van der Waals surface area contributed by atoms with Gasteiger partial charge in [-0.2, -0.15) is 4.57 Å². The molecule has 0 aliphatic heterocycles. The maximum Gasteiger partial charge on any atom is 0.290 e. The Morgan fingerprint density at radius 2 is 2.05 bits per heavy atom. The van der Waals surface area contributed by atoms with Gasteiger partial charge in [-0.15, -0.1) is 0 Å². The first kappa shape index (κ1) is 15.4. The van der Waals surface area contributed by atoms with Crippen LogP contribution < -0.4 is 9.88 Å². The van der Waals surface area contributed by atoms with Gasteiger partial charge in [-0.1, -0.05) is 15.9 Å². The molecule has 1 amide bonds. The number of hydrogen-bond donors (Lipinski definition) is 1. The first-order valence-electron chi connectivity index (χ1n) is 6.52. The maximum atomic E-state index is 12.0. The molecule has 4 nitrogen and oxygen atoms in total. The summed E-state index contributed by atoms with van der Waals surface area (Å²) in [5.74, 6) is -0.157. The first-order chi connectivity index (χ1) is 9.95. The smallest absolute Gasteiger partial charge is 0.290 e. The van der Waals surface area contributed by atoms with E-state index in [1.807, 2.05) is 25.1 Å². The number of rotatable bonds is 4. The van der Waals surface area contributed by atoms with E-state index >= 15 is 0 Å². The highest BCUT2D eigenvalue weighted by Crippen LogP contribution is 2.19. The summed E-state index contributed by atoms with van der Waals surface area (Å²) in [6.45, 7) is 3.63. The zero-order chi connectivity index (χ0) is 15.4. The quantitative estimate of drug-likeness (QED) is 0.682. The van der Waals surface area contributed by atoms with Gasteiger partial charge in [0.1, 0.15) is 0 Å². The van der Waals surface area contributed by atoms with Crippen molar-refractivity contribution in [1.29, 1.82) is 0 Å². The molecule has 0 saturated carbocycles. The van der Waals surface area contributed by atoms with E-state index in [1.54, 1.807) is 29.1 Å². The van der Waals surface area contributed by atoms with Crippen LogP contribution in [-0.2, 0) is 11.3 Å². The summed E-state index contributed by atoms with van der Waals surface area (Å²) in [5.41, 5.74) is 2.40. The maximum absolute atomic E-state index is 12.0. The van der Waals surface area contributed by atoms with Gasteiger partial charge in [0, 0.05) is 16.2 Å². The van der Waals surface area contributed by atoms with Crippen molar-refractivity contribution < 1.29 is 14.2 Å². The standard InChI is InChI=1S/C16H15BrN2O2/c1-11-8-14(5-6-15(11)17)18-16(21)10-19-7-3-4-13(9-19)12(2)20/h3-9H,10H2,1-2H3/p+1. The van der Waals surface area contributed by atoms with Crippen LogP contribution in [0.5, 0.6) is 0 Å². The molecule has 5 heteroatoms. The molecule has 2 aromatic rings. The molecule has 21 heavy (non-hydrogen) atoms. The Morgan fingerprint density at radius 1 is 1.29 bits per heavy atom. The highest BCUT2D eigenvalue weighted by atomic mass is 79.9. The lowest BCUT2D eigenvalue weighted by Gasteiger charge is -2.05. The number of ketones is 1. The molecular weight excluding hydrogens is 332 g/mol. The number of Topliss-reactive ketones (excluding diaryl/α,β-unsaturated/α-hetero) is 1. The molecule has 0 spiro atoms. The SMILES string of the molecule is CC(=O)c1ccc[n+](CC(=O)Nc2ccc(Br)c(C)c2)c1. The zero-order valence-corrected chi connectivity index (χ0v) is 13.5. The number of nitrogens with zero attached hydrogens (tertiary/aromatic N) is 1. The molecule has 0 aliphatic carbocycles. The Labute approximate surface area is 131 Å². The van der Waals surface area contributed by atoms with Crippen LogP contribution in [0, 0.1) is 6.92 Å². The predicted molar refractivity (Wildman–Crippen MR) is 84.2 cm³/mol. The molecule has 108 valence electrons. The summed E-state index contributed by atoms with van der Waals surface area (Å²) < 4.78 is 2.70. The van der Waals surface area contributed by atoms with Gasteiger partial charge in [-0.25, -0.2) is 0 Å². The lowest BCUT2D eigenvalue weighted by Crippen LogP contribution is -2.40. The molecule has 0 unspecified atom stereocenters. The van der Waals surface area contributed by atoms with Crippen molar-refractivity contribution in [3.8, 4) is 0 Å². The van der Waals surface area contributed by atoms with Crippen LogP contribution in [0.2, 0.25) is 0 Å². The van der Waals surface area contributed by atoms with Crippen molar-refractivity contribution >= 4 is 33.3 Å². The Hall–Kier alpha value is -2.01. The van der Waals surface area contributed by atoms with Gasteiger partial charge in [-0.3, -0.25) is 9.59 Å². The Kier molecular flexibility index (Phi) is 4.85. The molecule has 0 bridgehead atoms. The largest absolute Gasteiger partial charge is 0.321 e. The highest BCUT2D eigenvalue weighted by molar-refractivity contribution is 9.10. The van der Waals surface area contributed by atoms with Gasteiger partial charge in [-0.05, 0) is 43.7 Å². The van der Waals surface area contributed by atoms with Crippen LogP contribution in [0.25, 0.3) is 0 Å². The number of aryl methyl sites for hydroxylation is 1. The van der Waals surface area contributed by atoms with E-state index < -0.39 is 0 Å². The Bertz CT molecular complexity index is 698. The average Bonchev–Trinajstić information content (AvgIpc) is 2.43. The van der Waals surface area contributed by atoms with E-state index in [0.717, 1.165) is 15.7 Å². The number of anilines is 1. The number of hydrogen-bond acceptors (Lipinski definition) is 2. The summed E-state index contributed by atoms with van der Waals surface area (Å²) in [4.78, 5) is 23.4. The fourth-order valence-electron chi connectivity index (χ4n) is 1.92. The fourth-order valence-corrected chi connectivity index (χ4v) is 2.16. The Balaban J connectivity index is 2.06. The first-order valence-corrected chi connectivity index (χ1v) is 7.31. The molecule has 0 saturated heterocycles. The second-order valence-electron chi connectivity index (χ2n) is 4.83. The minimum absolute atomic E-state index is 0.0201. The molecule has 0 atom stereocenters. The molecule has 0 aliphatic rings. The molecule has 1 heterocycles. The molecule has 1 aromatic carbocycles. The van der Waals surface area contributed by atoms with Crippen LogP contribution in [-0.4, -0.2) is 11.7 Å². The van der Waals surface area contributed by atoms with Crippen molar-refractivity contribution in [3.05, 3.63) is 58.3 Å². The predicted octanol–water partition coefficient (Wildman–Crippen LogP) is 2.89. The van der Waals surface area contributed by atoms with Crippen LogP contribution in [0.15, 0.2) is 47.2 Å². The van der Waals surface area contributed by atoms with Gasteiger partial charge in [0.05, 0.1) is 5.56 Å². The van der Waals surface area contributed by atoms with E-state index in [4.69, 9.17) is 0 Å². The molecule has 0 fully saturated rings. The van der Waals surface area contributed by atoms with Crippen molar-refractivity contribution in [1.82, 2.24) is 0 Å². The van der Waals surface area contributed by atoms with Gasteiger partial charge >= 0.3 is 0 Å². The summed E-state index contributed by atoms with van der Waals surface area (Å²) in [6, 6.07) is 9.13. The fraction of sp³-hybridized carbons (Fsp3) is 0.188. The van der Waals surface area contributed by atoms with Gasteiger partial charge in [0.25, 0.3) is 5.91 Å². The summed E-state index contributed by atoms with van der Waals surface area (Å²) in [5, 5.41) is 2.84. The van der Waals surface area contributed by atoms with E-state index in [-0.39, 0.29) is 18.2 Å². The van der Waals surface area contributed by atoms with Gasteiger partial charge < -0.3 is 5.32 Å². The third-order valence-electron chi connectivity index (χ3n) is 3.03. The molecular formula is C16H16BrN2O2+. The zero-order valence-electron chi connectivity index (χ0n) is 11.9. The summed E-state index contributed by atoms with van der Waals surface area (Å²) in [6.07, 6.45) is 3.44. The number of halogens is 1. The summed E-state index contributed by atoms with van der Waals surface area (Å²) in [7, 11) is 0. The average molecular weight is 348 g/mol. The Morgan fingerprint density at radius 3 is 2.71 bits per heavy atom. The van der Waals surface area contributed by atoms with Crippen LogP contribution in [0.4, 0.5) is 5.69 Å². The van der Waals surface area contributed by atoms with E-state index in [9.17, 15) is 9.59 Å². The van der Waals surface area contributed by atoms with Gasteiger partial charge in [0.2, 0.25) is 6.54 Å². The third kappa shape index (κ3) is 4.23. The molecule has 1 aromatic heterocycles. The van der Waals surface area contributed by atoms with Crippen LogP contribution in [0.3, 0.4) is 0 Å². The normalized spacial score (nSPS) is 10.2. The van der Waals surface area contributed by atoms with E-state index in [2.05, 4.69) is 21.2 Å². The number of aromatic nitrogens is 1. The second kappa shape index (κ2) is 6.63. The van der Waals surface area contributed by atoms with Crippen molar-refractivity contribution in [2.45, 2.75) is 20.4 Å².